The Morgan fingerprint density at radius 2 is 1.97 bits per heavy atom. The molecule has 0 aliphatic carbocycles. The number of benzene rings is 1. The second-order valence-corrected chi connectivity index (χ2v) is 7.52. The van der Waals surface area contributed by atoms with Crippen molar-refractivity contribution in [3.05, 3.63) is 70.1 Å². The van der Waals surface area contributed by atoms with Crippen LogP contribution >= 0.6 is 11.3 Å². The number of anilines is 2. The Balaban J connectivity index is 1.73. The highest BCUT2D eigenvalue weighted by atomic mass is 32.1. The van der Waals surface area contributed by atoms with Gasteiger partial charge in [0.1, 0.15) is 12.4 Å². The molecule has 0 atom stereocenters. The Bertz CT molecular complexity index is 1030. The summed E-state index contributed by atoms with van der Waals surface area (Å²) in [6.07, 6.45) is 4.36. The average Bonchev–Trinajstić information content (AvgIpc) is 3.32. The minimum absolute atomic E-state index is 0.0232. The first-order valence-corrected chi connectivity index (χ1v) is 9.94. The van der Waals surface area contributed by atoms with Gasteiger partial charge < -0.3 is 9.15 Å². The second-order valence-electron chi connectivity index (χ2n) is 6.68. The molecule has 3 rings (SSSR count). The number of aryl methyl sites for hydroxylation is 3. The molecule has 0 unspecified atom stereocenters. The summed E-state index contributed by atoms with van der Waals surface area (Å²) in [5, 5.41) is 2.33. The Morgan fingerprint density at radius 1 is 1.24 bits per heavy atom. The van der Waals surface area contributed by atoms with Crippen molar-refractivity contribution in [1.29, 1.82) is 0 Å². The molecular weight excluding hydrogens is 388 g/mol. The van der Waals surface area contributed by atoms with E-state index in [1.54, 1.807) is 22.4 Å². The van der Waals surface area contributed by atoms with Gasteiger partial charge in [0.2, 0.25) is 5.91 Å². The molecule has 150 valence electrons. The van der Waals surface area contributed by atoms with E-state index >= 15 is 0 Å². The lowest BCUT2D eigenvalue weighted by Crippen LogP contribution is -2.24. The normalized spacial score (nSPS) is 11.0. The van der Waals surface area contributed by atoms with Crippen LogP contribution in [0.4, 0.5) is 10.8 Å². The number of ether oxygens (including phenoxy) is 1. The predicted octanol–water partition coefficient (Wildman–Crippen LogP) is 5.10. The van der Waals surface area contributed by atoms with Crippen LogP contribution in [-0.4, -0.2) is 16.9 Å². The van der Waals surface area contributed by atoms with Gasteiger partial charge in [-0.15, -0.1) is 11.3 Å². The van der Waals surface area contributed by atoms with Crippen LogP contribution in [0.3, 0.4) is 0 Å². The van der Waals surface area contributed by atoms with Crippen molar-refractivity contribution < 1.29 is 18.7 Å². The van der Waals surface area contributed by atoms with Crippen LogP contribution in [0.25, 0.3) is 6.08 Å². The molecule has 1 amide bonds. The Labute approximate surface area is 173 Å². The smallest absolute Gasteiger partial charge is 0.331 e. The number of carbonyl (C=O) groups excluding carboxylic acids is 2. The van der Waals surface area contributed by atoms with Crippen LogP contribution in [0, 0.1) is 20.8 Å². The zero-order valence-electron chi connectivity index (χ0n) is 16.8. The molecule has 0 spiro atoms. The van der Waals surface area contributed by atoms with Crippen LogP contribution in [0.1, 0.15) is 35.1 Å². The highest BCUT2D eigenvalue weighted by Crippen LogP contribution is 2.34. The standard InChI is InChI=1S/C22H22N2O4S/c1-14-10-15(2)21(16(3)11-14)24(17(4)25)22-23-18(13-29-22)12-28-20(26)8-7-19-6-5-9-27-19/h5-11,13H,12H2,1-4H3/b8-7+. The van der Waals surface area contributed by atoms with Crippen molar-refractivity contribution >= 4 is 40.1 Å². The minimum atomic E-state index is -0.496. The van der Waals surface area contributed by atoms with Crippen molar-refractivity contribution in [2.45, 2.75) is 34.3 Å². The number of thiazole rings is 1. The first-order chi connectivity index (χ1) is 13.8. The lowest BCUT2D eigenvalue weighted by atomic mass is 10.0. The largest absolute Gasteiger partial charge is 0.465 e. The molecule has 0 fully saturated rings. The second kappa shape index (κ2) is 8.87. The lowest BCUT2D eigenvalue weighted by molar-refractivity contribution is -0.139. The third-order valence-corrected chi connectivity index (χ3v) is 5.07. The molecule has 3 aromatic rings. The Kier molecular flexibility index (Phi) is 6.29. The molecule has 0 bridgehead atoms. The molecule has 2 heterocycles. The number of rotatable bonds is 6. The van der Waals surface area contributed by atoms with Crippen molar-refractivity contribution in [2.24, 2.45) is 0 Å². The minimum Gasteiger partial charge on any atom is -0.465 e. The molecule has 1 aromatic carbocycles. The van der Waals surface area contributed by atoms with Crippen LogP contribution in [0.2, 0.25) is 0 Å². The summed E-state index contributed by atoms with van der Waals surface area (Å²) >= 11 is 1.34. The third kappa shape index (κ3) is 5.00. The molecule has 0 N–H and O–H groups in total. The number of furan rings is 1. The summed E-state index contributed by atoms with van der Waals surface area (Å²) in [5.41, 5.74) is 4.57. The van der Waals surface area contributed by atoms with E-state index in [1.165, 1.54) is 36.7 Å². The van der Waals surface area contributed by atoms with Gasteiger partial charge in [0.15, 0.2) is 5.13 Å². The van der Waals surface area contributed by atoms with Gasteiger partial charge in [0.05, 0.1) is 17.6 Å². The van der Waals surface area contributed by atoms with E-state index in [1.807, 2.05) is 32.9 Å². The maximum absolute atomic E-state index is 12.4. The number of carbonyl (C=O) groups is 2. The van der Waals surface area contributed by atoms with Gasteiger partial charge in [-0.05, 0) is 50.1 Å². The van der Waals surface area contributed by atoms with Gasteiger partial charge in [0, 0.05) is 18.4 Å². The zero-order valence-corrected chi connectivity index (χ0v) is 17.6. The fourth-order valence-corrected chi connectivity index (χ4v) is 3.97. The number of aromatic nitrogens is 1. The Morgan fingerprint density at radius 3 is 2.59 bits per heavy atom. The van der Waals surface area contributed by atoms with Gasteiger partial charge in [0.25, 0.3) is 0 Å². The summed E-state index contributed by atoms with van der Waals surface area (Å²) < 4.78 is 10.3. The van der Waals surface area contributed by atoms with Crippen molar-refractivity contribution in [3.8, 4) is 0 Å². The summed E-state index contributed by atoms with van der Waals surface area (Å²) in [7, 11) is 0. The van der Waals surface area contributed by atoms with Crippen LogP contribution in [-0.2, 0) is 20.9 Å². The summed E-state index contributed by atoms with van der Waals surface area (Å²) in [4.78, 5) is 30.4. The van der Waals surface area contributed by atoms with Crippen molar-refractivity contribution in [1.82, 2.24) is 4.98 Å². The summed E-state index contributed by atoms with van der Waals surface area (Å²) in [5.74, 6) is -0.0530. The van der Waals surface area contributed by atoms with Crippen molar-refractivity contribution in [2.75, 3.05) is 4.90 Å². The molecule has 0 saturated carbocycles. The molecule has 29 heavy (non-hydrogen) atoms. The molecule has 6 nitrogen and oxygen atoms in total. The van der Waals surface area contributed by atoms with E-state index in [-0.39, 0.29) is 12.5 Å². The number of hydrogen-bond acceptors (Lipinski definition) is 6. The van der Waals surface area contributed by atoms with Crippen LogP contribution in [0.5, 0.6) is 0 Å². The number of esters is 1. The molecular formula is C22H22N2O4S. The molecule has 0 saturated heterocycles. The lowest BCUT2D eigenvalue weighted by Gasteiger charge is -2.23. The van der Waals surface area contributed by atoms with E-state index in [4.69, 9.17) is 9.15 Å². The van der Waals surface area contributed by atoms with Crippen LogP contribution in [0.15, 0.2) is 46.4 Å². The Hall–Kier alpha value is -3.19. The predicted molar refractivity (Wildman–Crippen MR) is 113 cm³/mol. The monoisotopic (exact) mass is 410 g/mol. The van der Waals surface area contributed by atoms with E-state index in [9.17, 15) is 9.59 Å². The maximum atomic E-state index is 12.4. The summed E-state index contributed by atoms with van der Waals surface area (Å²) in [6, 6.07) is 7.56. The first kappa shape index (κ1) is 20.5. The topological polar surface area (TPSA) is 72.6 Å². The quantitative estimate of drug-likeness (QED) is 0.417. The fraction of sp³-hybridized carbons (Fsp3) is 0.227. The highest BCUT2D eigenvalue weighted by Gasteiger charge is 2.22. The zero-order chi connectivity index (χ0) is 21.0. The molecule has 0 radical (unpaired) electrons. The van der Waals surface area contributed by atoms with Gasteiger partial charge in [-0.3, -0.25) is 9.69 Å². The molecule has 0 aliphatic heterocycles. The van der Waals surface area contributed by atoms with Gasteiger partial charge in [-0.25, -0.2) is 9.78 Å². The fourth-order valence-electron chi connectivity index (χ4n) is 3.11. The summed E-state index contributed by atoms with van der Waals surface area (Å²) in [6.45, 7) is 7.52. The van der Waals surface area contributed by atoms with E-state index in [2.05, 4.69) is 4.98 Å². The van der Waals surface area contributed by atoms with Crippen molar-refractivity contribution in [3.63, 3.8) is 0 Å². The molecule has 0 aliphatic rings. The van der Waals surface area contributed by atoms with E-state index in [0.29, 0.717) is 16.6 Å². The van der Waals surface area contributed by atoms with E-state index < -0.39 is 5.97 Å². The van der Waals surface area contributed by atoms with Gasteiger partial charge in [-0.2, -0.15) is 0 Å². The number of nitrogens with zero attached hydrogens (tertiary/aromatic N) is 2. The number of hydrogen-bond donors (Lipinski definition) is 0. The molecule has 7 heteroatoms. The maximum Gasteiger partial charge on any atom is 0.331 e. The number of amides is 1. The van der Waals surface area contributed by atoms with Gasteiger partial charge >= 0.3 is 5.97 Å². The first-order valence-electron chi connectivity index (χ1n) is 9.06. The SMILES string of the molecule is CC(=O)N(c1nc(COC(=O)/C=C/c2ccco2)cs1)c1c(C)cc(C)cc1C. The molecule has 2 aromatic heterocycles. The highest BCUT2D eigenvalue weighted by molar-refractivity contribution is 7.14. The van der Waals surface area contributed by atoms with E-state index in [0.717, 1.165) is 22.4 Å². The average molecular weight is 410 g/mol. The third-order valence-electron chi connectivity index (χ3n) is 4.19. The van der Waals surface area contributed by atoms with Gasteiger partial charge in [-0.1, -0.05) is 17.7 Å². The van der Waals surface area contributed by atoms with Crippen LogP contribution < -0.4 is 4.90 Å².